The minimum absolute atomic E-state index is 0.158. The van der Waals surface area contributed by atoms with Gasteiger partial charge in [0.25, 0.3) is 0 Å². The predicted molar refractivity (Wildman–Crippen MR) is 57.8 cm³/mol. The van der Waals surface area contributed by atoms with Crippen LogP contribution in [0.15, 0.2) is 24.3 Å². The van der Waals surface area contributed by atoms with E-state index in [1.807, 2.05) is 0 Å². The number of halogens is 3. The van der Waals surface area contributed by atoms with Gasteiger partial charge in [-0.3, -0.25) is 0 Å². The zero-order valence-electron chi connectivity index (χ0n) is 9.66. The highest BCUT2D eigenvalue weighted by Crippen LogP contribution is 2.34. The zero-order chi connectivity index (χ0) is 13.1. The van der Waals surface area contributed by atoms with Crippen LogP contribution in [0.2, 0.25) is 0 Å². The van der Waals surface area contributed by atoms with Gasteiger partial charge in [0.15, 0.2) is 0 Å². The van der Waals surface area contributed by atoms with Gasteiger partial charge >= 0.3 is 6.18 Å². The lowest BCUT2D eigenvalue weighted by atomic mass is 10.1. The first-order valence-electron chi connectivity index (χ1n) is 5.30. The van der Waals surface area contributed by atoms with Gasteiger partial charge < -0.3 is 9.84 Å². The zero-order valence-corrected chi connectivity index (χ0v) is 9.66. The SMILES string of the molecule is CC(C)Oc1ccccc1C(O)CC(F)(F)F. The van der Waals surface area contributed by atoms with Gasteiger partial charge in [-0.25, -0.2) is 0 Å². The second-order valence-electron chi connectivity index (χ2n) is 4.04. The normalized spacial score (nSPS) is 13.8. The van der Waals surface area contributed by atoms with Crippen LogP contribution >= 0.6 is 0 Å². The number of benzene rings is 1. The Morgan fingerprint density at radius 1 is 1.24 bits per heavy atom. The summed E-state index contributed by atoms with van der Waals surface area (Å²) in [6.07, 6.45) is -7.42. The Kier molecular flexibility index (Phi) is 4.40. The van der Waals surface area contributed by atoms with E-state index in [0.29, 0.717) is 5.75 Å². The van der Waals surface area contributed by atoms with Gasteiger partial charge in [0, 0.05) is 5.56 Å². The highest BCUT2D eigenvalue weighted by atomic mass is 19.4. The van der Waals surface area contributed by atoms with E-state index in [-0.39, 0.29) is 11.7 Å². The molecule has 0 aliphatic rings. The number of ether oxygens (including phenoxy) is 1. The maximum atomic E-state index is 12.2. The number of aliphatic hydroxyl groups excluding tert-OH is 1. The molecule has 0 spiro atoms. The summed E-state index contributed by atoms with van der Waals surface area (Å²) in [6.45, 7) is 3.54. The molecule has 0 saturated carbocycles. The van der Waals surface area contributed by atoms with E-state index < -0.39 is 18.7 Å². The van der Waals surface area contributed by atoms with Crippen LogP contribution in [0, 0.1) is 0 Å². The fraction of sp³-hybridized carbons (Fsp3) is 0.500. The molecule has 0 saturated heterocycles. The molecule has 0 aliphatic heterocycles. The van der Waals surface area contributed by atoms with Gasteiger partial charge in [-0.15, -0.1) is 0 Å². The molecule has 2 nitrogen and oxygen atoms in total. The molecule has 0 heterocycles. The number of aliphatic hydroxyl groups is 1. The lowest BCUT2D eigenvalue weighted by Gasteiger charge is -2.18. The maximum Gasteiger partial charge on any atom is 0.391 e. The monoisotopic (exact) mass is 248 g/mol. The Labute approximate surface area is 98.0 Å². The Balaban J connectivity index is 2.88. The van der Waals surface area contributed by atoms with Gasteiger partial charge in [-0.2, -0.15) is 13.2 Å². The van der Waals surface area contributed by atoms with E-state index in [0.717, 1.165) is 0 Å². The van der Waals surface area contributed by atoms with Crippen LogP contribution in [0.1, 0.15) is 31.9 Å². The van der Waals surface area contributed by atoms with Crippen LogP contribution < -0.4 is 4.74 Å². The smallest absolute Gasteiger partial charge is 0.391 e. The van der Waals surface area contributed by atoms with Crippen molar-refractivity contribution in [1.82, 2.24) is 0 Å². The van der Waals surface area contributed by atoms with Gasteiger partial charge in [0.2, 0.25) is 0 Å². The first-order valence-corrected chi connectivity index (χ1v) is 5.30. The number of rotatable bonds is 4. The fourth-order valence-electron chi connectivity index (χ4n) is 1.45. The van der Waals surface area contributed by atoms with Gasteiger partial charge in [0.1, 0.15) is 5.75 Å². The van der Waals surface area contributed by atoms with E-state index in [4.69, 9.17) is 4.74 Å². The summed E-state index contributed by atoms with van der Waals surface area (Å²) in [5.74, 6) is 0.291. The third-order valence-corrected chi connectivity index (χ3v) is 2.07. The van der Waals surface area contributed by atoms with Crippen molar-refractivity contribution in [2.24, 2.45) is 0 Å². The Bertz CT molecular complexity index is 361. The lowest BCUT2D eigenvalue weighted by molar-refractivity contribution is -0.154. The third-order valence-electron chi connectivity index (χ3n) is 2.07. The summed E-state index contributed by atoms with van der Waals surface area (Å²) in [7, 11) is 0. The molecule has 1 aromatic carbocycles. The number of hydrogen-bond acceptors (Lipinski definition) is 2. The highest BCUT2D eigenvalue weighted by Gasteiger charge is 2.32. The molecule has 1 N–H and O–H groups in total. The van der Waals surface area contributed by atoms with Gasteiger partial charge in [-0.1, -0.05) is 18.2 Å². The molecule has 0 aliphatic carbocycles. The number of para-hydroxylation sites is 1. The number of hydrogen-bond donors (Lipinski definition) is 1. The lowest BCUT2D eigenvalue weighted by Crippen LogP contribution is -2.15. The average molecular weight is 248 g/mol. The second kappa shape index (κ2) is 5.40. The van der Waals surface area contributed by atoms with Crippen molar-refractivity contribution in [3.05, 3.63) is 29.8 Å². The summed E-state index contributed by atoms with van der Waals surface area (Å²) in [6, 6.07) is 6.21. The van der Waals surface area contributed by atoms with Crippen LogP contribution in [0.25, 0.3) is 0 Å². The van der Waals surface area contributed by atoms with Crippen LogP contribution in [0.4, 0.5) is 13.2 Å². The molecule has 0 fully saturated rings. The standard InChI is InChI=1S/C12H15F3O2/c1-8(2)17-11-6-4-3-5-9(11)10(16)7-12(13,14)15/h3-6,8,10,16H,7H2,1-2H3. The molecule has 0 amide bonds. The van der Waals surface area contributed by atoms with Crippen molar-refractivity contribution in [3.63, 3.8) is 0 Å². The molecular weight excluding hydrogens is 233 g/mol. The molecule has 1 atom stereocenters. The van der Waals surface area contributed by atoms with Gasteiger partial charge in [0.05, 0.1) is 18.6 Å². The average Bonchev–Trinajstić information content (AvgIpc) is 2.14. The predicted octanol–water partition coefficient (Wildman–Crippen LogP) is 3.46. The molecule has 0 radical (unpaired) electrons. The summed E-state index contributed by atoms with van der Waals surface area (Å²) in [4.78, 5) is 0. The number of alkyl halides is 3. The molecule has 1 aromatic rings. The summed E-state index contributed by atoms with van der Waals surface area (Å²) < 4.78 is 41.9. The first-order chi connectivity index (χ1) is 7.79. The first kappa shape index (κ1) is 13.8. The third kappa shape index (κ3) is 4.65. The van der Waals surface area contributed by atoms with Crippen molar-refractivity contribution in [2.45, 2.75) is 38.7 Å². The van der Waals surface area contributed by atoms with E-state index in [9.17, 15) is 18.3 Å². The van der Waals surface area contributed by atoms with Crippen LogP contribution in [0.5, 0.6) is 5.75 Å². The molecule has 5 heteroatoms. The summed E-state index contributed by atoms with van der Waals surface area (Å²) in [5, 5.41) is 9.55. The van der Waals surface area contributed by atoms with E-state index >= 15 is 0 Å². The van der Waals surface area contributed by atoms with Crippen LogP contribution in [0.3, 0.4) is 0 Å². The molecule has 96 valence electrons. The van der Waals surface area contributed by atoms with Crippen LogP contribution in [-0.2, 0) is 0 Å². The maximum absolute atomic E-state index is 12.2. The topological polar surface area (TPSA) is 29.5 Å². The van der Waals surface area contributed by atoms with E-state index in [1.54, 1.807) is 32.0 Å². The molecule has 1 rings (SSSR count). The highest BCUT2D eigenvalue weighted by molar-refractivity contribution is 5.35. The molecule has 0 bridgehead atoms. The molecule has 1 unspecified atom stereocenters. The van der Waals surface area contributed by atoms with E-state index in [2.05, 4.69) is 0 Å². The van der Waals surface area contributed by atoms with Crippen molar-refractivity contribution in [2.75, 3.05) is 0 Å². The summed E-state index contributed by atoms with van der Waals surface area (Å²) >= 11 is 0. The molecule has 0 aromatic heterocycles. The van der Waals surface area contributed by atoms with Crippen molar-refractivity contribution in [3.8, 4) is 5.75 Å². The fourth-order valence-corrected chi connectivity index (χ4v) is 1.45. The Hall–Kier alpha value is -1.23. The second-order valence-corrected chi connectivity index (χ2v) is 4.04. The minimum atomic E-state index is -4.40. The Morgan fingerprint density at radius 3 is 2.35 bits per heavy atom. The minimum Gasteiger partial charge on any atom is -0.491 e. The van der Waals surface area contributed by atoms with E-state index in [1.165, 1.54) is 6.07 Å². The van der Waals surface area contributed by atoms with Crippen molar-refractivity contribution in [1.29, 1.82) is 0 Å². The summed E-state index contributed by atoms with van der Waals surface area (Å²) in [5.41, 5.74) is 0.165. The van der Waals surface area contributed by atoms with Crippen molar-refractivity contribution < 1.29 is 23.0 Å². The van der Waals surface area contributed by atoms with Crippen molar-refractivity contribution >= 4 is 0 Å². The molecule has 17 heavy (non-hydrogen) atoms. The van der Waals surface area contributed by atoms with Crippen LogP contribution in [-0.4, -0.2) is 17.4 Å². The molecular formula is C12H15F3O2. The Morgan fingerprint density at radius 2 is 1.82 bits per heavy atom. The largest absolute Gasteiger partial charge is 0.491 e. The van der Waals surface area contributed by atoms with Gasteiger partial charge in [-0.05, 0) is 19.9 Å². The quantitative estimate of drug-likeness (QED) is 0.884.